The zero-order valence-corrected chi connectivity index (χ0v) is 11.7. The van der Waals surface area contributed by atoms with Crippen molar-refractivity contribution >= 4 is 0 Å². The summed E-state index contributed by atoms with van der Waals surface area (Å²) >= 11 is 0. The molecule has 1 N–H and O–H groups in total. The lowest BCUT2D eigenvalue weighted by Gasteiger charge is -2.44. The molecular weight excluding hydrogens is 302 g/mol. The Morgan fingerprint density at radius 2 is 1.48 bits per heavy atom. The van der Waals surface area contributed by atoms with Gasteiger partial charge in [-0.1, -0.05) is 26.2 Å². The zero-order chi connectivity index (χ0) is 16.3. The van der Waals surface area contributed by atoms with Gasteiger partial charge in [0.25, 0.3) is 5.60 Å². The fourth-order valence-electron chi connectivity index (χ4n) is 2.76. The molecular formula is C13H20F6O2. The normalized spacial score (nSPS) is 20.6. The molecule has 0 radical (unpaired) electrons. The van der Waals surface area contributed by atoms with E-state index < -0.39 is 36.6 Å². The third-order valence-electron chi connectivity index (χ3n) is 4.00. The van der Waals surface area contributed by atoms with Crippen LogP contribution >= 0.6 is 0 Å². The molecule has 0 heterocycles. The predicted molar refractivity (Wildman–Crippen MR) is 63.7 cm³/mol. The third kappa shape index (κ3) is 3.83. The van der Waals surface area contributed by atoms with Crippen LogP contribution in [0.25, 0.3) is 0 Å². The van der Waals surface area contributed by atoms with Gasteiger partial charge in [-0.05, 0) is 19.3 Å². The molecule has 0 saturated heterocycles. The van der Waals surface area contributed by atoms with E-state index in [4.69, 9.17) is 0 Å². The Labute approximate surface area is 119 Å². The SMILES string of the molecule is CCC(O)COC(C1CCCCC1)(C(F)(F)F)C(F)(F)F. The summed E-state index contributed by atoms with van der Waals surface area (Å²) in [5, 5.41) is 9.29. The van der Waals surface area contributed by atoms with Crippen LogP contribution in [0.3, 0.4) is 0 Å². The van der Waals surface area contributed by atoms with Crippen LogP contribution in [-0.2, 0) is 4.74 Å². The number of aliphatic hydroxyl groups excluding tert-OH is 1. The quantitative estimate of drug-likeness (QED) is 0.768. The Morgan fingerprint density at radius 3 is 1.86 bits per heavy atom. The second kappa shape index (κ2) is 6.73. The van der Waals surface area contributed by atoms with E-state index in [9.17, 15) is 31.4 Å². The van der Waals surface area contributed by atoms with Crippen LogP contribution < -0.4 is 0 Å². The molecule has 1 saturated carbocycles. The standard InChI is InChI=1S/C13H20F6O2/c1-2-10(20)8-21-11(12(14,15)16,13(17,18)19)9-6-4-3-5-7-9/h9-10,20H,2-8H2,1H3. The second-order valence-electron chi connectivity index (χ2n) is 5.44. The minimum Gasteiger partial charge on any atom is -0.391 e. The monoisotopic (exact) mass is 322 g/mol. The molecule has 0 aromatic rings. The summed E-state index contributed by atoms with van der Waals surface area (Å²) in [7, 11) is 0. The van der Waals surface area contributed by atoms with Gasteiger partial charge in [0, 0.05) is 5.92 Å². The summed E-state index contributed by atoms with van der Waals surface area (Å²) in [6, 6.07) is 0. The summed E-state index contributed by atoms with van der Waals surface area (Å²) in [5.41, 5.74) is -4.18. The predicted octanol–water partition coefficient (Wildman–Crippen LogP) is 4.22. The maximum absolute atomic E-state index is 13.3. The van der Waals surface area contributed by atoms with E-state index in [0.29, 0.717) is 19.3 Å². The molecule has 21 heavy (non-hydrogen) atoms. The lowest BCUT2D eigenvalue weighted by Crippen LogP contribution is -2.64. The average Bonchev–Trinajstić information content (AvgIpc) is 2.37. The number of hydrogen-bond acceptors (Lipinski definition) is 2. The first-order valence-electron chi connectivity index (χ1n) is 7.01. The molecule has 1 atom stereocenters. The highest BCUT2D eigenvalue weighted by molar-refractivity contribution is 5.02. The van der Waals surface area contributed by atoms with Crippen molar-refractivity contribution in [1.29, 1.82) is 0 Å². The first-order valence-corrected chi connectivity index (χ1v) is 7.01. The van der Waals surface area contributed by atoms with Crippen molar-refractivity contribution in [3.8, 4) is 0 Å². The number of hydrogen-bond donors (Lipinski definition) is 1. The molecule has 0 spiro atoms. The van der Waals surface area contributed by atoms with E-state index in [1.807, 2.05) is 0 Å². The molecule has 1 aliphatic carbocycles. The van der Waals surface area contributed by atoms with Gasteiger partial charge in [-0.15, -0.1) is 0 Å². The smallest absolute Gasteiger partial charge is 0.391 e. The fraction of sp³-hybridized carbons (Fsp3) is 1.00. The topological polar surface area (TPSA) is 29.5 Å². The van der Waals surface area contributed by atoms with Gasteiger partial charge in [0.15, 0.2) is 0 Å². The summed E-state index contributed by atoms with van der Waals surface area (Å²) in [6.07, 6.45) is -11.6. The van der Waals surface area contributed by atoms with Gasteiger partial charge < -0.3 is 9.84 Å². The molecule has 2 nitrogen and oxygen atoms in total. The van der Waals surface area contributed by atoms with E-state index in [2.05, 4.69) is 4.74 Å². The molecule has 126 valence electrons. The van der Waals surface area contributed by atoms with Gasteiger partial charge in [-0.2, -0.15) is 26.3 Å². The van der Waals surface area contributed by atoms with Crippen LogP contribution in [0.1, 0.15) is 45.4 Å². The summed E-state index contributed by atoms with van der Waals surface area (Å²) in [6.45, 7) is 0.476. The van der Waals surface area contributed by atoms with Gasteiger partial charge >= 0.3 is 12.4 Å². The number of halogens is 6. The Morgan fingerprint density at radius 1 is 1.00 bits per heavy atom. The van der Waals surface area contributed by atoms with Gasteiger partial charge in [-0.3, -0.25) is 0 Å². The highest BCUT2D eigenvalue weighted by Gasteiger charge is 2.75. The number of alkyl halides is 6. The molecule has 8 heteroatoms. The van der Waals surface area contributed by atoms with Crippen LogP contribution in [0.4, 0.5) is 26.3 Å². The van der Waals surface area contributed by atoms with Crippen LogP contribution in [0.5, 0.6) is 0 Å². The Balaban J connectivity index is 3.15. The first-order chi connectivity index (χ1) is 9.56. The van der Waals surface area contributed by atoms with Crippen LogP contribution in [0, 0.1) is 5.92 Å². The molecule has 1 unspecified atom stereocenters. The summed E-state index contributed by atoms with van der Waals surface area (Å²) in [4.78, 5) is 0. The van der Waals surface area contributed by atoms with Crippen molar-refractivity contribution in [2.75, 3.05) is 6.61 Å². The van der Waals surface area contributed by atoms with E-state index in [-0.39, 0.29) is 19.3 Å². The van der Waals surface area contributed by atoms with Crippen molar-refractivity contribution in [2.45, 2.75) is 69.5 Å². The minimum absolute atomic E-state index is 0.0243. The second-order valence-corrected chi connectivity index (χ2v) is 5.44. The number of rotatable bonds is 5. The molecule has 0 aliphatic heterocycles. The zero-order valence-electron chi connectivity index (χ0n) is 11.7. The molecule has 1 rings (SSSR count). The molecule has 1 aliphatic rings. The van der Waals surface area contributed by atoms with Crippen molar-refractivity contribution in [3.63, 3.8) is 0 Å². The lowest BCUT2D eigenvalue weighted by atomic mass is 9.75. The first kappa shape index (κ1) is 18.5. The maximum atomic E-state index is 13.3. The average molecular weight is 322 g/mol. The fourth-order valence-corrected chi connectivity index (χ4v) is 2.76. The van der Waals surface area contributed by atoms with Crippen molar-refractivity contribution in [2.24, 2.45) is 5.92 Å². The minimum atomic E-state index is -5.57. The molecule has 1 fully saturated rings. The maximum Gasteiger partial charge on any atom is 0.426 e. The third-order valence-corrected chi connectivity index (χ3v) is 4.00. The highest BCUT2D eigenvalue weighted by Crippen LogP contribution is 2.54. The van der Waals surface area contributed by atoms with Gasteiger partial charge in [-0.25, -0.2) is 0 Å². The van der Waals surface area contributed by atoms with Gasteiger partial charge in [0.1, 0.15) is 0 Å². The van der Waals surface area contributed by atoms with Gasteiger partial charge in [0.05, 0.1) is 12.7 Å². The van der Waals surface area contributed by atoms with E-state index in [0.717, 1.165) is 0 Å². The van der Waals surface area contributed by atoms with E-state index >= 15 is 0 Å². The lowest BCUT2D eigenvalue weighted by molar-refractivity contribution is -0.402. The molecule has 0 amide bonds. The highest BCUT2D eigenvalue weighted by atomic mass is 19.4. The van der Waals surface area contributed by atoms with Crippen molar-refractivity contribution in [1.82, 2.24) is 0 Å². The van der Waals surface area contributed by atoms with Gasteiger partial charge in [0.2, 0.25) is 0 Å². The molecule has 0 aromatic heterocycles. The number of aliphatic hydroxyl groups is 1. The van der Waals surface area contributed by atoms with Crippen LogP contribution in [0.15, 0.2) is 0 Å². The Hall–Kier alpha value is -0.500. The Kier molecular flexibility index (Phi) is 5.94. The molecule has 0 aromatic carbocycles. The summed E-state index contributed by atoms with van der Waals surface area (Å²) in [5.74, 6) is -1.66. The summed E-state index contributed by atoms with van der Waals surface area (Å²) < 4.78 is 84.1. The van der Waals surface area contributed by atoms with Crippen molar-refractivity contribution in [3.05, 3.63) is 0 Å². The van der Waals surface area contributed by atoms with Crippen molar-refractivity contribution < 1.29 is 36.2 Å². The number of ether oxygens (including phenoxy) is 1. The Bertz CT molecular complexity index is 306. The van der Waals surface area contributed by atoms with E-state index in [1.54, 1.807) is 0 Å². The van der Waals surface area contributed by atoms with Crippen LogP contribution in [0.2, 0.25) is 0 Å². The largest absolute Gasteiger partial charge is 0.426 e. The van der Waals surface area contributed by atoms with E-state index in [1.165, 1.54) is 6.92 Å². The van der Waals surface area contributed by atoms with Crippen LogP contribution in [-0.4, -0.2) is 35.8 Å². The molecule has 0 bridgehead atoms.